The monoisotopic (exact) mass is 683 g/mol. The first-order valence-corrected chi connectivity index (χ1v) is 20.0. The lowest BCUT2D eigenvalue weighted by molar-refractivity contribution is -0.142. The number of nitrogens with one attached hydrogen (secondary N) is 1. The number of phosphoric acid groups is 1. The Morgan fingerprint density at radius 3 is 2.62 bits per heavy atom. The Morgan fingerprint density at radius 2 is 1.87 bits per heavy atom. The molecule has 270 valence electrons. The van der Waals surface area contributed by atoms with Crippen molar-refractivity contribution in [1.82, 2.24) is 5.32 Å². The fourth-order valence-electron chi connectivity index (χ4n) is 10.5. The molecule has 2 unspecified atom stereocenters. The lowest BCUT2D eigenvalue weighted by atomic mass is 9.47. The number of carbonyl (C=O) groups is 1. The molecule has 10 nitrogen and oxygen atoms in total. The van der Waals surface area contributed by atoms with Gasteiger partial charge >= 0.3 is 13.9 Å². The van der Waals surface area contributed by atoms with Crippen LogP contribution in [0, 0.1) is 46.3 Å². The van der Waals surface area contributed by atoms with Gasteiger partial charge in [0, 0.05) is 19.4 Å². The number of fused-ring (bicyclic) bond motifs is 5. The van der Waals surface area contributed by atoms with E-state index < -0.39 is 39.0 Å². The molecule has 3 saturated carbocycles. The smallest absolute Gasteiger partial charge is 0.446 e. The maximum atomic E-state index is 12.7. The van der Waals surface area contributed by atoms with Crippen LogP contribution in [0.3, 0.4) is 0 Å². The van der Waals surface area contributed by atoms with Crippen LogP contribution in [0.15, 0.2) is 11.6 Å². The van der Waals surface area contributed by atoms with Gasteiger partial charge in [-0.3, -0.25) is 4.52 Å². The summed E-state index contributed by atoms with van der Waals surface area (Å²) in [7, 11) is -4.64. The van der Waals surface area contributed by atoms with E-state index in [9.17, 15) is 14.5 Å². The summed E-state index contributed by atoms with van der Waals surface area (Å²) in [5.41, 5.74) is 2.22. The lowest BCUT2D eigenvalue weighted by Crippen LogP contribution is -2.51. The van der Waals surface area contributed by atoms with Crippen molar-refractivity contribution in [3.8, 4) is 0 Å². The van der Waals surface area contributed by atoms with Crippen LogP contribution < -0.4 is 5.32 Å². The molecule has 1 heterocycles. The Bertz CT molecular complexity index is 1140. The van der Waals surface area contributed by atoms with Crippen LogP contribution in [0.1, 0.15) is 118 Å². The van der Waals surface area contributed by atoms with Gasteiger partial charge in [-0.15, -0.1) is 0 Å². The highest BCUT2D eigenvalue weighted by molar-refractivity contribution is 7.46. The van der Waals surface area contributed by atoms with Gasteiger partial charge in [0.25, 0.3) is 0 Å². The fourth-order valence-corrected chi connectivity index (χ4v) is 10.9. The Hall–Kier alpha value is -1.00. The molecule has 47 heavy (non-hydrogen) atoms. The Balaban J connectivity index is 1.04. The predicted molar refractivity (Wildman–Crippen MR) is 179 cm³/mol. The maximum Gasteiger partial charge on any atom is 0.469 e. The van der Waals surface area contributed by atoms with Crippen LogP contribution in [0.25, 0.3) is 0 Å². The van der Waals surface area contributed by atoms with Gasteiger partial charge in [-0.05, 0) is 97.7 Å². The summed E-state index contributed by atoms with van der Waals surface area (Å²) in [6, 6.07) is 0. The van der Waals surface area contributed by atoms with E-state index in [-0.39, 0.29) is 17.9 Å². The SMILES string of the molecule is CC(C)CCC[C@@H](C)[C@H]1CC[C@H]2[C@@H]3CC=C4CC(OC(=O)NCCCO[C@H]5C[C@H](O)C(COP(=O)(O)O)O5)CC[C@]4(C)[C@H]3CC[C@]12C. The molecule has 0 spiro atoms. The van der Waals surface area contributed by atoms with Crippen molar-refractivity contribution < 1.29 is 43.0 Å². The van der Waals surface area contributed by atoms with Crippen LogP contribution in [0.5, 0.6) is 0 Å². The largest absolute Gasteiger partial charge is 0.469 e. The van der Waals surface area contributed by atoms with E-state index in [1.807, 2.05) is 0 Å². The van der Waals surface area contributed by atoms with Gasteiger partial charge in [0.2, 0.25) is 0 Å². The van der Waals surface area contributed by atoms with Crippen molar-refractivity contribution in [2.75, 3.05) is 19.8 Å². The van der Waals surface area contributed by atoms with E-state index in [4.69, 9.17) is 24.0 Å². The molecular formula is C36H62NO9P. The molecule has 4 N–H and O–H groups in total. The summed E-state index contributed by atoms with van der Waals surface area (Å²) in [5.74, 6) is 4.86. The minimum atomic E-state index is -4.64. The number of amides is 1. The first kappa shape index (κ1) is 37.3. The number of aliphatic hydroxyl groups is 1. The molecule has 0 aromatic carbocycles. The molecule has 5 aliphatic rings. The van der Waals surface area contributed by atoms with E-state index in [0.29, 0.717) is 25.0 Å². The van der Waals surface area contributed by atoms with Crippen molar-refractivity contribution in [3.63, 3.8) is 0 Å². The maximum absolute atomic E-state index is 12.7. The van der Waals surface area contributed by atoms with Crippen molar-refractivity contribution in [2.24, 2.45) is 46.3 Å². The Labute approximate surface area is 282 Å². The molecule has 0 aromatic rings. The number of phosphoric ester groups is 1. The summed E-state index contributed by atoms with van der Waals surface area (Å²) in [5, 5.41) is 12.9. The highest BCUT2D eigenvalue weighted by atomic mass is 31.2. The second-order valence-corrected chi connectivity index (χ2v) is 17.6. The van der Waals surface area contributed by atoms with Crippen molar-refractivity contribution in [2.45, 2.75) is 143 Å². The molecular weight excluding hydrogens is 621 g/mol. The first-order chi connectivity index (χ1) is 22.2. The number of ether oxygens (including phenoxy) is 3. The fraction of sp³-hybridized carbons (Fsp3) is 0.917. The van der Waals surface area contributed by atoms with Crippen molar-refractivity contribution in [1.29, 1.82) is 0 Å². The molecule has 11 heteroatoms. The third kappa shape index (κ3) is 8.84. The molecule has 5 rings (SSSR count). The van der Waals surface area contributed by atoms with Crippen LogP contribution in [0.2, 0.25) is 0 Å². The van der Waals surface area contributed by atoms with Gasteiger partial charge in [0.15, 0.2) is 6.29 Å². The van der Waals surface area contributed by atoms with Gasteiger partial charge < -0.3 is 34.4 Å². The van der Waals surface area contributed by atoms with Crippen molar-refractivity contribution >= 4 is 13.9 Å². The molecule has 0 aromatic heterocycles. The summed E-state index contributed by atoms with van der Waals surface area (Å²) >= 11 is 0. The number of hydrogen-bond acceptors (Lipinski definition) is 7. The highest BCUT2D eigenvalue weighted by Gasteiger charge is 2.59. The van der Waals surface area contributed by atoms with Gasteiger partial charge in [-0.25, -0.2) is 9.36 Å². The molecule has 0 radical (unpaired) electrons. The normalized spacial score (nSPS) is 39.1. The predicted octanol–water partition coefficient (Wildman–Crippen LogP) is 7.11. The zero-order chi connectivity index (χ0) is 34.0. The summed E-state index contributed by atoms with van der Waals surface area (Å²) in [6.07, 6.45) is 13.9. The summed E-state index contributed by atoms with van der Waals surface area (Å²) in [4.78, 5) is 30.3. The average Bonchev–Trinajstić information content (AvgIpc) is 3.54. The van der Waals surface area contributed by atoms with Crippen LogP contribution in [-0.4, -0.2) is 65.3 Å². The lowest BCUT2D eigenvalue weighted by Gasteiger charge is -2.58. The van der Waals surface area contributed by atoms with Gasteiger partial charge in [0.05, 0.1) is 19.3 Å². The van der Waals surface area contributed by atoms with Gasteiger partial charge in [0.1, 0.15) is 12.2 Å². The number of hydrogen-bond donors (Lipinski definition) is 4. The molecule has 0 bridgehead atoms. The molecule has 1 saturated heterocycles. The molecule has 4 aliphatic carbocycles. The van der Waals surface area contributed by atoms with E-state index in [1.165, 1.54) is 56.9 Å². The van der Waals surface area contributed by atoms with Gasteiger partial charge in [-0.1, -0.05) is 65.5 Å². The first-order valence-electron chi connectivity index (χ1n) is 18.5. The number of rotatable bonds is 14. The number of carbonyl (C=O) groups excluding carboxylic acids is 1. The van der Waals surface area contributed by atoms with Crippen LogP contribution in [-0.2, 0) is 23.3 Å². The van der Waals surface area contributed by atoms with E-state index >= 15 is 0 Å². The van der Waals surface area contributed by atoms with Crippen LogP contribution in [0.4, 0.5) is 4.79 Å². The average molecular weight is 684 g/mol. The second kappa shape index (κ2) is 15.5. The zero-order valence-corrected chi connectivity index (χ0v) is 30.3. The molecule has 11 atom stereocenters. The van der Waals surface area contributed by atoms with Crippen molar-refractivity contribution in [3.05, 3.63) is 11.6 Å². The van der Waals surface area contributed by atoms with E-state index in [0.717, 1.165) is 54.8 Å². The van der Waals surface area contributed by atoms with E-state index in [1.54, 1.807) is 0 Å². The molecule has 1 amide bonds. The zero-order valence-electron chi connectivity index (χ0n) is 29.4. The number of allylic oxidation sites excluding steroid dienone is 1. The standard InChI is InChI=1S/C36H62NO9P/c1-23(2)8-6-9-24(3)28-12-13-29-27-11-10-25-20-26(14-16-35(25,4)30(27)15-17-36(28,29)5)45-34(39)37-18-7-19-43-33-21-31(38)32(46-33)22-44-47(40,41)42/h10,23-24,26-33,38H,6-9,11-22H2,1-5H3,(H,37,39)(H2,40,41,42)/t24-,26?,27+,28-,29+,30+,31+,32?,33-,35+,36-/m1/s1. The summed E-state index contributed by atoms with van der Waals surface area (Å²) < 4.78 is 32.3. The second-order valence-electron chi connectivity index (χ2n) is 16.4. The third-order valence-corrected chi connectivity index (χ3v) is 13.5. The Kier molecular flexibility index (Phi) is 12.3. The molecule has 4 fully saturated rings. The summed E-state index contributed by atoms with van der Waals surface area (Å²) in [6.45, 7) is 12.6. The quantitative estimate of drug-likeness (QED) is 0.0855. The van der Waals surface area contributed by atoms with Crippen LogP contribution >= 0.6 is 7.82 Å². The number of alkyl carbamates (subject to hydrolysis) is 1. The molecule has 1 aliphatic heterocycles. The third-order valence-electron chi connectivity index (χ3n) is 13.0. The number of aliphatic hydroxyl groups excluding tert-OH is 1. The minimum Gasteiger partial charge on any atom is -0.446 e. The topological polar surface area (TPSA) is 144 Å². The highest BCUT2D eigenvalue weighted by Crippen LogP contribution is 2.67. The van der Waals surface area contributed by atoms with Gasteiger partial charge in [-0.2, -0.15) is 0 Å². The Morgan fingerprint density at radius 1 is 1.09 bits per heavy atom. The van der Waals surface area contributed by atoms with E-state index in [2.05, 4.69) is 50.5 Å². The minimum absolute atomic E-state index is 0.0980.